The second-order valence-corrected chi connectivity index (χ2v) is 9.14. The number of thioether (sulfide) groups is 1. The molecule has 1 spiro atoms. The van der Waals surface area contributed by atoms with Gasteiger partial charge < -0.3 is 9.80 Å². The molecule has 4 rings (SSSR count). The summed E-state index contributed by atoms with van der Waals surface area (Å²) in [5, 5.41) is 9.19. The van der Waals surface area contributed by atoms with Gasteiger partial charge in [-0.1, -0.05) is 44.2 Å². The van der Waals surface area contributed by atoms with E-state index in [2.05, 4.69) is 6.07 Å². The van der Waals surface area contributed by atoms with Crippen molar-refractivity contribution in [2.24, 2.45) is 5.92 Å². The lowest BCUT2D eigenvalue weighted by molar-refractivity contribution is -0.140. The Morgan fingerprint density at radius 3 is 2.79 bits per heavy atom. The normalized spacial score (nSPS) is 20.4. The fourth-order valence-corrected chi connectivity index (χ4v) is 5.64. The van der Waals surface area contributed by atoms with E-state index in [-0.39, 0.29) is 17.7 Å². The molecule has 0 N–H and O–H groups in total. The minimum absolute atomic E-state index is 0.0291. The number of para-hydroxylation sites is 1. The summed E-state index contributed by atoms with van der Waals surface area (Å²) < 4.78 is 0. The lowest BCUT2D eigenvalue weighted by Crippen LogP contribution is -2.50. The van der Waals surface area contributed by atoms with Gasteiger partial charge in [-0.2, -0.15) is 5.26 Å². The number of anilines is 1. The maximum absolute atomic E-state index is 13.8. The number of hydrogen-bond acceptors (Lipinski definition) is 4. The Kier molecular flexibility index (Phi) is 5.10. The maximum atomic E-state index is 13.8. The number of amides is 2. The van der Waals surface area contributed by atoms with E-state index in [0.29, 0.717) is 25.1 Å². The third-order valence-electron chi connectivity index (χ3n) is 5.38. The van der Waals surface area contributed by atoms with Crippen molar-refractivity contribution in [2.75, 3.05) is 17.2 Å². The van der Waals surface area contributed by atoms with Crippen molar-refractivity contribution >= 4 is 29.3 Å². The molecule has 2 aromatic rings. The minimum atomic E-state index is -0.977. The molecular weight excluding hydrogens is 382 g/mol. The van der Waals surface area contributed by atoms with E-state index in [1.165, 1.54) is 0 Å². The summed E-state index contributed by atoms with van der Waals surface area (Å²) in [6, 6.07) is 17.2. The second kappa shape index (κ2) is 7.57. The largest absolute Gasteiger partial charge is 0.315 e. The molecule has 148 valence electrons. The van der Waals surface area contributed by atoms with Crippen LogP contribution < -0.4 is 4.90 Å². The third-order valence-corrected chi connectivity index (χ3v) is 6.80. The van der Waals surface area contributed by atoms with Gasteiger partial charge in [0.2, 0.25) is 5.91 Å². The number of nitrogens with zero attached hydrogens (tertiary/aromatic N) is 3. The van der Waals surface area contributed by atoms with Crippen molar-refractivity contribution < 1.29 is 9.59 Å². The van der Waals surface area contributed by atoms with Crippen molar-refractivity contribution in [2.45, 2.75) is 31.7 Å². The monoisotopic (exact) mass is 405 g/mol. The summed E-state index contributed by atoms with van der Waals surface area (Å²) in [6.45, 7) is 4.99. The lowest BCUT2D eigenvalue weighted by atomic mass is 10.0. The molecule has 1 atom stereocenters. The van der Waals surface area contributed by atoms with E-state index in [1.807, 2.05) is 56.3 Å². The number of hydrogen-bond donors (Lipinski definition) is 0. The van der Waals surface area contributed by atoms with Gasteiger partial charge in [-0.05, 0) is 29.7 Å². The molecule has 5 nitrogen and oxygen atoms in total. The van der Waals surface area contributed by atoms with Gasteiger partial charge in [-0.25, -0.2) is 0 Å². The molecule has 1 saturated heterocycles. The van der Waals surface area contributed by atoms with Crippen LogP contribution >= 0.6 is 11.8 Å². The topological polar surface area (TPSA) is 64.4 Å². The fraction of sp³-hybridized carbons (Fsp3) is 0.348. The summed E-state index contributed by atoms with van der Waals surface area (Å²) in [4.78, 5) is 29.4. The molecule has 0 aromatic heterocycles. The Morgan fingerprint density at radius 2 is 2.03 bits per heavy atom. The maximum Gasteiger partial charge on any atom is 0.268 e. The highest BCUT2D eigenvalue weighted by molar-refractivity contribution is 8.01. The first-order valence-corrected chi connectivity index (χ1v) is 10.8. The Hall–Kier alpha value is -2.78. The minimum Gasteiger partial charge on any atom is -0.315 e. The average molecular weight is 406 g/mol. The molecule has 0 radical (unpaired) electrons. The highest BCUT2D eigenvalue weighted by Crippen LogP contribution is 2.54. The number of carbonyl (C=O) groups excluding carboxylic acids is 2. The van der Waals surface area contributed by atoms with Crippen molar-refractivity contribution in [3.05, 3.63) is 65.2 Å². The first-order valence-electron chi connectivity index (χ1n) is 9.82. The molecule has 2 aliphatic heterocycles. The molecule has 2 heterocycles. The van der Waals surface area contributed by atoms with E-state index >= 15 is 0 Å². The van der Waals surface area contributed by atoms with Crippen LogP contribution in [0.3, 0.4) is 0 Å². The molecule has 0 aliphatic carbocycles. The standard InChI is InChI=1S/C23H23N3O2S/c1-16(2)12-21(27)26-10-11-29-23(26)19-8-3-4-9-20(19)25(22(23)28)15-18-7-5-6-17(13-18)14-24/h3-9,13,16H,10-12,15H2,1-2H3/t23-/m0/s1. The molecule has 0 saturated carbocycles. The van der Waals surface area contributed by atoms with E-state index < -0.39 is 4.87 Å². The molecule has 0 unspecified atom stereocenters. The van der Waals surface area contributed by atoms with Gasteiger partial charge in [0.15, 0.2) is 4.87 Å². The van der Waals surface area contributed by atoms with Crippen LogP contribution in [0.5, 0.6) is 0 Å². The van der Waals surface area contributed by atoms with Crippen LogP contribution in [0, 0.1) is 17.2 Å². The summed E-state index contributed by atoms with van der Waals surface area (Å²) in [5.74, 6) is 0.936. The van der Waals surface area contributed by atoms with Gasteiger partial charge in [-0.3, -0.25) is 9.59 Å². The Bertz CT molecular complexity index is 1010. The zero-order valence-corrected chi connectivity index (χ0v) is 17.4. The van der Waals surface area contributed by atoms with Gasteiger partial charge in [0, 0.05) is 24.3 Å². The Balaban J connectivity index is 1.75. The zero-order valence-electron chi connectivity index (χ0n) is 16.6. The number of carbonyl (C=O) groups is 2. The van der Waals surface area contributed by atoms with Crippen LogP contribution in [0.25, 0.3) is 0 Å². The van der Waals surface area contributed by atoms with E-state index in [4.69, 9.17) is 0 Å². The smallest absolute Gasteiger partial charge is 0.268 e. The predicted octanol–water partition coefficient (Wildman–Crippen LogP) is 3.88. The van der Waals surface area contributed by atoms with Gasteiger partial charge in [0.05, 0.1) is 23.9 Å². The summed E-state index contributed by atoms with van der Waals surface area (Å²) in [5.41, 5.74) is 3.20. The van der Waals surface area contributed by atoms with Crippen LogP contribution in [0.1, 0.15) is 37.0 Å². The molecule has 2 aliphatic rings. The number of benzene rings is 2. The van der Waals surface area contributed by atoms with Crippen LogP contribution in [0.4, 0.5) is 5.69 Å². The molecule has 0 bridgehead atoms. The van der Waals surface area contributed by atoms with Gasteiger partial charge >= 0.3 is 0 Å². The van der Waals surface area contributed by atoms with E-state index in [1.54, 1.807) is 27.6 Å². The second-order valence-electron chi connectivity index (χ2n) is 7.86. The van der Waals surface area contributed by atoms with E-state index in [0.717, 1.165) is 22.6 Å². The van der Waals surface area contributed by atoms with Crippen LogP contribution in [-0.2, 0) is 21.0 Å². The predicted molar refractivity (Wildman–Crippen MR) is 114 cm³/mol. The molecule has 6 heteroatoms. The molecule has 29 heavy (non-hydrogen) atoms. The molecule has 1 fully saturated rings. The molecule has 2 amide bonds. The third kappa shape index (κ3) is 3.20. The number of nitriles is 1. The fourth-order valence-electron chi connectivity index (χ4n) is 4.16. The summed E-state index contributed by atoms with van der Waals surface area (Å²) >= 11 is 1.55. The first kappa shape index (κ1) is 19.5. The Labute approximate surface area is 175 Å². The molecular formula is C23H23N3O2S. The number of rotatable bonds is 4. The average Bonchev–Trinajstić information content (AvgIpc) is 3.25. The van der Waals surface area contributed by atoms with Crippen molar-refractivity contribution in [3.63, 3.8) is 0 Å². The van der Waals surface area contributed by atoms with Crippen molar-refractivity contribution in [1.29, 1.82) is 5.26 Å². The highest BCUT2D eigenvalue weighted by atomic mass is 32.2. The quantitative estimate of drug-likeness (QED) is 0.774. The lowest BCUT2D eigenvalue weighted by Gasteiger charge is -2.33. The highest BCUT2D eigenvalue weighted by Gasteiger charge is 2.59. The first-order chi connectivity index (χ1) is 14.0. The summed E-state index contributed by atoms with van der Waals surface area (Å²) in [6.07, 6.45) is 0.433. The van der Waals surface area contributed by atoms with Gasteiger partial charge in [-0.15, -0.1) is 11.8 Å². The van der Waals surface area contributed by atoms with Crippen LogP contribution in [0.15, 0.2) is 48.5 Å². The van der Waals surface area contributed by atoms with Gasteiger partial charge in [0.1, 0.15) is 0 Å². The number of fused-ring (bicyclic) bond motifs is 2. The van der Waals surface area contributed by atoms with Crippen LogP contribution in [0.2, 0.25) is 0 Å². The van der Waals surface area contributed by atoms with Crippen molar-refractivity contribution in [1.82, 2.24) is 4.90 Å². The Morgan fingerprint density at radius 1 is 1.24 bits per heavy atom. The molecule has 2 aromatic carbocycles. The zero-order chi connectivity index (χ0) is 20.6. The van der Waals surface area contributed by atoms with Crippen LogP contribution in [-0.4, -0.2) is 29.0 Å². The van der Waals surface area contributed by atoms with E-state index in [9.17, 15) is 14.9 Å². The SMILES string of the molecule is CC(C)CC(=O)N1CCS[C@@]12C(=O)N(Cc1cccc(C#N)c1)c1ccccc12. The van der Waals surface area contributed by atoms with Gasteiger partial charge in [0.25, 0.3) is 5.91 Å². The summed E-state index contributed by atoms with van der Waals surface area (Å²) in [7, 11) is 0. The van der Waals surface area contributed by atoms with Crippen molar-refractivity contribution in [3.8, 4) is 6.07 Å².